The van der Waals surface area contributed by atoms with Gasteiger partial charge in [0.25, 0.3) is 0 Å². The van der Waals surface area contributed by atoms with Crippen LogP contribution in [0.3, 0.4) is 0 Å². The van der Waals surface area contributed by atoms with Crippen LogP contribution in [-0.2, 0) is 6.42 Å². The third-order valence-corrected chi connectivity index (χ3v) is 3.22. The molecule has 7 heteroatoms. The monoisotopic (exact) mass is 258 g/mol. The summed E-state index contributed by atoms with van der Waals surface area (Å²) in [6.07, 6.45) is 5.10. The van der Waals surface area contributed by atoms with E-state index in [4.69, 9.17) is 5.73 Å². The van der Waals surface area contributed by atoms with Crippen LogP contribution < -0.4 is 11.1 Å². The van der Waals surface area contributed by atoms with E-state index in [0.29, 0.717) is 23.0 Å². The van der Waals surface area contributed by atoms with Gasteiger partial charge in [-0.2, -0.15) is 0 Å². The number of Topliss-reactive ketones (excluding diaryl/α,β-unsaturated/α-hetero) is 1. The Morgan fingerprint density at radius 2 is 2.37 bits per heavy atom. The van der Waals surface area contributed by atoms with Gasteiger partial charge < -0.3 is 11.1 Å². The van der Waals surface area contributed by atoms with Crippen LogP contribution in [0.15, 0.2) is 24.7 Å². The molecular formula is C12H14N6O. The lowest BCUT2D eigenvalue weighted by Crippen LogP contribution is -2.43. The Bertz CT molecular complexity index is 604. The van der Waals surface area contributed by atoms with E-state index in [1.807, 2.05) is 0 Å². The van der Waals surface area contributed by atoms with Crippen LogP contribution in [0, 0.1) is 0 Å². The first-order chi connectivity index (χ1) is 9.24. The standard InChI is InChI=1S/C12H14N6O/c13-10-1-2-14-4-8(10)3-12(19)11-7-18(17-16-11)9-5-15-6-9/h1-2,4,7,9,15H,3,5-6H2,(H2,13,14). The average molecular weight is 258 g/mol. The molecular weight excluding hydrogens is 244 g/mol. The maximum absolute atomic E-state index is 12.1. The molecule has 0 radical (unpaired) electrons. The fourth-order valence-corrected chi connectivity index (χ4v) is 1.89. The largest absolute Gasteiger partial charge is 0.398 e. The van der Waals surface area contributed by atoms with E-state index in [2.05, 4.69) is 20.6 Å². The summed E-state index contributed by atoms with van der Waals surface area (Å²) in [4.78, 5) is 16.1. The minimum absolute atomic E-state index is 0.0989. The molecule has 19 heavy (non-hydrogen) atoms. The second-order valence-electron chi connectivity index (χ2n) is 4.57. The summed E-state index contributed by atoms with van der Waals surface area (Å²) in [5, 5.41) is 11.0. The van der Waals surface area contributed by atoms with E-state index in [1.165, 1.54) is 0 Å². The van der Waals surface area contributed by atoms with Crippen molar-refractivity contribution in [3.05, 3.63) is 35.9 Å². The zero-order valence-electron chi connectivity index (χ0n) is 10.3. The number of nitrogens with two attached hydrogens (primary N) is 1. The van der Waals surface area contributed by atoms with Gasteiger partial charge in [-0.15, -0.1) is 5.10 Å². The van der Waals surface area contributed by atoms with Crippen LogP contribution in [-0.4, -0.2) is 38.9 Å². The summed E-state index contributed by atoms with van der Waals surface area (Å²) in [5.74, 6) is -0.0989. The molecule has 3 heterocycles. The lowest BCUT2D eigenvalue weighted by Gasteiger charge is -2.26. The third kappa shape index (κ3) is 2.32. The SMILES string of the molecule is Nc1ccncc1CC(=O)c1cn(C2CNC2)nn1. The first kappa shape index (κ1) is 11.8. The molecule has 3 rings (SSSR count). The fraction of sp³-hybridized carbons (Fsp3) is 0.333. The Morgan fingerprint density at radius 1 is 1.53 bits per heavy atom. The van der Waals surface area contributed by atoms with Gasteiger partial charge in [0, 0.05) is 43.2 Å². The van der Waals surface area contributed by atoms with Crippen LogP contribution in [0.2, 0.25) is 0 Å². The zero-order valence-corrected chi connectivity index (χ0v) is 10.3. The Hall–Kier alpha value is -2.28. The summed E-state index contributed by atoms with van der Waals surface area (Å²) in [5.41, 5.74) is 7.44. The molecule has 1 aliphatic rings. The zero-order chi connectivity index (χ0) is 13.2. The van der Waals surface area contributed by atoms with Gasteiger partial charge in [-0.3, -0.25) is 9.78 Å². The number of hydrogen-bond acceptors (Lipinski definition) is 6. The van der Waals surface area contributed by atoms with E-state index in [1.54, 1.807) is 29.3 Å². The molecule has 1 saturated heterocycles. The molecule has 0 atom stereocenters. The van der Waals surface area contributed by atoms with Crippen molar-refractivity contribution < 1.29 is 4.79 Å². The smallest absolute Gasteiger partial charge is 0.189 e. The molecule has 2 aromatic rings. The van der Waals surface area contributed by atoms with Crippen molar-refractivity contribution in [1.29, 1.82) is 0 Å². The van der Waals surface area contributed by atoms with Gasteiger partial charge in [-0.1, -0.05) is 5.21 Å². The second-order valence-corrected chi connectivity index (χ2v) is 4.57. The molecule has 1 aliphatic heterocycles. The minimum atomic E-state index is -0.0989. The van der Waals surface area contributed by atoms with E-state index in [9.17, 15) is 4.79 Å². The second kappa shape index (κ2) is 4.77. The molecule has 1 fully saturated rings. The first-order valence-electron chi connectivity index (χ1n) is 6.08. The maximum Gasteiger partial charge on any atom is 0.189 e. The van der Waals surface area contributed by atoms with Crippen LogP contribution in [0.1, 0.15) is 22.1 Å². The number of aromatic nitrogens is 4. The van der Waals surface area contributed by atoms with Gasteiger partial charge >= 0.3 is 0 Å². The molecule has 7 nitrogen and oxygen atoms in total. The van der Waals surface area contributed by atoms with Crippen molar-refractivity contribution in [2.24, 2.45) is 0 Å². The van der Waals surface area contributed by atoms with Gasteiger partial charge in [0.1, 0.15) is 5.69 Å². The quantitative estimate of drug-likeness (QED) is 0.738. The number of ketones is 1. The lowest BCUT2D eigenvalue weighted by molar-refractivity contribution is 0.0988. The summed E-state index contributed by atoms with van der Waals surface area (Å²) in [7, 11) is 0. The third-order valence-electron chi connectivity index (χ3n) is 3.22. The van der Waals surface area contributed by atoms with Crippen LogP contribution >= 0.6 is 0 Å². The Kier molecular flexibility index (Phi) is 2.96. The number of hydrogen-bond donors (Lipinski definition) is 2. The fourth-order valence-electron chi connectivity index (χ4n) is 1.89. The highest BCUT2D eigenvalue weighted by atomic mass is 16.1. The molecule has 0 unspecified atom stereocenters. The number of carbonyl (C=O) groups is 1. The Morgan fingerprint density at radius 3 is 3.05 bits per heavy atom. The average Bonchev–Trinajstić information content (AvgIpc) is 2.79. The van der Waals surface area contributed by atoms with Crippen LogP contribution in [0.5, 0.6) is 0 Å². The van der Waals surface area contributed by atoms with Crippen molar-refractivity contribution in [2.75, 3.05) is 18.8 Å². The number of rotatable bonds is 4. The van der Waals surface area contributed by atoms with Gasteiger partial charge in [-0.25, -0.2) is 4.68 Å². The van der Waals surface area contributed by atoms with Crippen molar-refractivity contribution in [3.8, 4) is 0 Å². The first-order valence-corrected chi connectivity index (χ1v) is 6.08. The molecule has 0 bridgehead atoms. The molecule has 3 N–H and O–H groups in total. The van der Waals surface area contributed by atoms with Crippen molar-refractivity contribution >= 4 is 11.5 Å². The molecule has 98 valence electrons. The number of anilines is 1. The van der Waals surface area contributed by atoms with Crippen molar-refractivity contribution in [1.82, 2.24) is 25.3 Å². The lowest BCUT2D eigenvalue weighted by atomic mass is 10.1. The molecule has 0 amide bonds. The van der Waals surface area contributed by atoms with Gasteiger partial charge in [-0.05, 0) is 6.07 Å². The van der Waals surface area contributed by atoms with E-state index < -0.39 is 0 Å². The van der Waals surface area contributed by atoms with Gasteiger partial charge in [0.2, 0.25) is 0 Å². The maximum atomic E-state index is 12.1. The molecule has 0 spiro atoms. The molecule has 2 aromatic heterocycles. The van der Waals surface area contributed by atoms with Crippen molar-refractivity contribution in [2.45, 2.75) is 12.5 Å². The molecule has 0 aromatic carbocycles. The predicted molar refractivity (Wildman–Crippen MR) is 68.6 cm³/mol. The summed E-state index contributed by atoms with van der Waals surface area (Å²) in [6.45, 7) is 1.74. The highest BCUT2D eigenvalue weighted by molar-refractivity contribution is 5.96. The van der Waals surface area contributed by atoms with E-state index >= 15 is 0 Å². The van der Waals surface area contributed by atoms with E-state index in [-0.39, 0.29) is 12.2 Å². The summed E-state index contributed by atoms with van der Waals surface area (Å²) >= 11 is 0. The Labute approximate surface area is 109 Å². The minimum Gasteiger partial charge on any atom is -0.398 e. The number of carbonyl (C=O) groups excluding carboxylic acids is 1. The topological polar surface area (TPSA) is 98.7 Å². The number of nitrogen functional groups attached to an aromatic ring is 1. The van der Waals surface area contributed by atoms with Crippen LogP contribution in [0.4, 0.5) is 5.69 Å². The van der Waals surface area contributed by atoms with Crippen LogP contribution in [0.25, 0.3) is 0 Å². The number of nitrogens with zero attached hydrogens (tertiary/aromatic N) is 4. The van der Waals surface area contributed by atoms with E-state index in [0.717, 1.165) is 13.1 Å². The summed E-state index contributed by atoms with van der Waals surface area (Å²) in [6, 6.07) is 1.98. The van der Waals surface area contributed by atoms with Crippen molar-refractivity contribution in [3.63, 3.8) is 0 Å². The van der Waals surface area contributed by atoms with Gasteiger partial charge in [0.15, 0.2) is 5.78 Å². The number of nitrogens with one attached hydrogen (secondary N) is 1. The normalized spacial score (nSPS) is 15.2. The molecule has 0 saturated carbocycles. The highest BCUT2D eigenvalue weighted by Crippen LogP contribution is 2.14. The van der Waals surface area contributed by atoms with Gasteiger partial charge in [0.05, 0.1) is 12.2 Å². The highest BCUT2D eigenvalue weighted by Gasteiger charge is 2.21. The number of pyridine rings is 1. The Balaban J connectivity index is 1.73. The molecule has 0 aliphatic carbocycles. The predicted octanol–water partition coefficient (Wildman–Crippen LogP) is -0.175. The summed E-state index contributed by atoms with van der Waals surface area (Å²) < 4.78 is 1.73.